The van der Waals surface area contributed by atoms with E-state index in [-0.39, 0.29) is 5.97 Å². The highest BCUT2D eigenvalue weighted by molar-refractivity contribution is 5.79. The second kappa shape index (κ2) is 8.24. The summed E-state index contributed by atoms with van der Waals surface area (Å²) in [5, 5.41) is 3.12. The van der Waals surface area contributed by atoms with E-state index in [0.29, 0.717) is 36.0 Å². The summed E-state index contributed by atoms with van der Waals surface area (Å²) >= 11 is 0. The lowest BCUT2D eigenvalue weighted by Gasteiger charge is -2.19. The van der Waals surface area contributed by atoms with Crippen molar-refractivity contribution in [3.63, 3.8) is 0 Å². The van der Waals surface area contributed by atoms with E-state index in [4.69, 9.17) is 18.9 Å². The van der Waals surface area contributed by atoms with Crippen LogP contribution in [-0.2, 0) is 9.53 Å². The fourth-order valence-corrected chi connectivity index (χ4v) is 1.94. The van der Waals surface area contributed by atoms with E-state index in [9.17, 15) is 4.79 Å². The number of nitrogens with one attached hydrogen (secondary N) is 1. The molecule has 0 aliphatic carbocycles. The quantitative estimate of drug-likeness (QED) is 0.744. The van der Waals surface area contributed by atoms with E-state index in [2.05, 4.69) is 5.32 Å². The molecule has 0 heterocycles. The molecule has 0 saturated carbocycles. The summed E-state index contributed by atoms with van der Waals surface area (Å²) in [5.74, 6) is 1.28. The molecule has 21 heavy (non-hydrogen) atoms. The van der Waals surface area contributed by atoms with Crippen molar-refractivity contribution in [3.8, 4) is 17.2 Å². The molecule has 0 radical (unpaired) electrons. The van der Waals surface area contributed by atoms with Crippen LogP contribution in [0.3, 0.4) is 0 Å². The molecule has 0 fully saturated rings. The molecule has 1 atom stereocenters. The first kappa shape index (κ1) is 16.9. The fraction of sp³-hybridized carbons (Fsp3) is 0.533. The van der Waals surface area contributed by atoms with Gasteiger partial charge < -0.3 is 24.3 Å². The minimum absolute atomic E-state index is 0.284. The number of hydrogen-bond donors (Lipinski definition) is 1. The average Bonchev–Trinajstić information content (AvgIpc) is 2.51. The summed E-state index contributed by atoms with van der Waals surface area (Å²) in [6.07, 6.45) is 0.607. The van der Waals surface area contributed by atoms with Gasteiger partial charge >= 0.3 is 5.97 Å². The van der Waals surface area contributed by atoms with Crippen molar-refractivity contribution in [2.75, 3.05) is 33.3 Å². The summed E-state index contributed by atoms with van der Waals surface area (Å²) in [6, 6.07) is 3.08. The lowest BCUT2D eigenvalue weighted by atomic mass is 10.2. The van der Waals surface area contributed by atoms with Crippen LogP contribution >= 0.6 is 0 Å². The molecular weight excluding hydrogens is 274 g/mol. The van der Waals surface area contributed by atoms with E-state index in [1.54, 1.807) is 40.4 Å². The molecule has 0 aliphatic rings. The summed E-state index contributed by atoms with van der Waals surface area (Å²) in [4.78, 5) is 11.8. The topological polar surface area (TPSA) is 66.0 Å². The van der Waals surface area contributed by atoms with Crippen LogP contribution in [0, 0.1) is 0 Å². The Kier molecular flexibility index (Phi) is 6.65. The summed E-state index contributed by atoms with van der Waals surface area (Å²) in [7, 11) is 4.63. The molecule has 0 amide bonds. The van der Waals surface area contributed by atoms with Gasteiger partial charge in [0.1, 0.15) is 6.04 Å². The SMILES string of the molecule is CCOC(=O)C(CC)Nc1cc(OC)c(OC)c(OC)c1. The minimum atomic E-state index is -0.423. The first-order valence-electron chi connectivity index (χ1n) is 6.84. The van der Waals surface area contributed by atoms with Gasteiger partial charge in [0, 0.05) is 17.8 Å². The first-order valence-corrected chi connectivity index (χ1v) is 6.84. The van der Waals surface area contributed by atoms with Gasteiger partial charge in [-0.2, -0.15) is 0 Å². The number of ether oxygens (including phenoxy) is 4. The number of rotatable bonds is 8. The van der Waals surface area contributed by atoms with Gasteiger partial charge in [-0.3, -0.25) is 0 Å². The van der Waals surface area contributed by atoms with Crippen molar-refractivity contribution in [1.29, 1.82) is 0 Å². The van der Waals surface area contributed by atoms with Crippen molar-refractivity contribution in [3.05, 3.63) is 12.1 Å². The van der Waals surface area contributed by atoms with Crippen LogP contribution in [0.4, 0.5) is 5.69 Å². The Balaban J connectivity index is 3.04. The Hall–Kier alpha value is -2.11. The third-order valence-corrected chi connectivity index (χ3v) is 2.98. The molecule has 0 saturated heterocycles. The lowest BCUT2D eigenvalue weighted by molar-refractivity contribution is -0.144. The molecule has 1 aromatic carbocycles. The molecule has 0 aliphatic heterocycles. The van der Waals surface area contributed by atoms with Gasteiger partial charge in [0.25, 0.3) is 0 Å². The lowest BCUT2D eigenvalue weighted by Crippen LogP contribution is -2.30. The van der Waals surface area contributed by atoms with Crippen molar-refractivity contribution >= 4 is 11.7 Å². The second-order valence-corrected chi connectivity index (χ2v) is 4.27. The molecule has 118 valence electrons. The van der Waals surface area contributed by atoms with E-state index in [0.717, 1.165) is 0 Å². The molecule has 1 N–H and O–H groups in total. The van der Waals surface area contributed by atoms with Crippen LogP contribution in [0.15, 0.2) is 12.1 Å². The third-order valence-electron chi connectivity index (χ3n) is 2.98. The zero-order valence-electron chi connectivity index (χ0n) is 13.2. The van der Waals surface area contributed by atoms with Gasteiger partial charge in [0.05, 0.1) is 27.9 Å². The Morgan fingerprint density at radius 1 is 1.10 bits per heavy atom. The summed E-state index contributed by atoms with van der Waals surface area (Å²) in [6.45, 7) is 4.04. The summed E-state index contributed by atoms with van der Waals surface area (Å²) in [5.41, 5.74) is 0.699. The maximum absolute atomic E-state index is 11.8. The molecule has 1 aromatic rings. The molecule has 0 spiro atoms. The van der Waals surface area contributed by atoms with Crippen LogP contribution in [0.5, 0.6) is 17.2 Å². The van der Waals surface area contributed by atoms with E-state index in [1.165, 1.54) is 0 Å². The molecule has 6 nitrogen and oxygen atoms in total. The smallest absolute Gasteiger partial charge is 0.328 e. The first-order chi connectivity index (χ1) is 10.1. The number of esters is 1. The van der Waals surface area contributed by atoms with E-state index in [1.807, 2.05) is 6.92 Å². The molecule has 0 aromatic heterocycles. The van der Waals surface area contributed by atoms with Crippen molar-refractivity contribution in [2.24, 2.45) is 0 Å². The average molecular weight is 297 g/mol. The Morgan fingerprint density at radius 2 is 1.67 bits per heavy atom. The van der Waals surface area contributed by atoms with Crippen LogP contribution < -0.4 is 19.5 Å². The highest BCUT2D eigenvalue weighted by Crippen LogP contribution is 2.40. The van der Waals surface area contributed by atoms with Crippen LogP contribution in [0.2, 0.25) is 0 Å². The normalized spacial score (nSPS) is 11.5. The molecular formula is C15H23NO5. The predicted octanol–water partition coefficient (Wildman–Crippen LogP) is 2.47. The van der Waals surface area contributed by atoms with Gasteiger partial charge in [-0.25, -0.2) is 4.79 Å². The Labute approximate surface area is 125 Å². The zero-order valence-corrected chi connectivity index (χ0v) is 13.2. The van der Waals surface area contributed by atoms with Gasteiger partial charge in [0.15, 0.2) is 11.5 Å². The number of hydrogen-bond acceptors (Lipinski definition) is 6. The van der Waals surface area contributed by atoms with Crippen LogP contribution in [0.1, 0.15) is 20.3 Å². The number of methoxy groups -OCH3 is 3. The largest absolute Gasteiger partial charge is 0.493 e. The number of anilines is 1. The van der Waals surface area contributed by atoms with Crippen LogP contribution in [-0.4, -0.2) is 39.9 Å². The second-order valence-electron chi connectivity index (χ2n) is 4.27. The Morgan fingerprint density at radius 3 is 2.05 bits per heavy atom. The maximum atomic E-state index is 11.8. The molecule has 0 bridgehead atoms. The van der Waals surface area contributed by atoms with Gasteiger partial charge in [-0.15, -0.1) is 0 Å². The van der Waals surface area contributed by atoms with Crippen molar-refractivity contribution in [2.45, 2.75) is 26.3 Å². The molecule has 1 unspecified atom stereocenters. The number of carbonyl (C=O) groups is 1. The monoisotopic (exact) mass is 297 g/mol. The van der Waals surface area contributed by atoms with E-state index < -0.39 is 6.04 Å². The predicted molar refractivity (Wildman–Crippen MR) is 80.4 cm³/mol. The highest BCUT2D eigenvalue weighted by atomic mass is 16.5. The van der Waals surface area contributed by atoms with E-state index >= 15 is 0 Å². The number of carbonyl (C=O) groups excluding carboxylic acids is 1. The highest BCUT2D eigenvalue weighted by Gasteiger charge is 2.20. The standard InChI is InChI=1S/C15H23NO5/c1-6-11(15(17)21-7-2)16-10-8-12(18-3)14(20-5)13(9-10)19-4/h8-9,11,16H,6-7H2,1-5H3. The number of benzene rings is 1. The third kappa shape index (κ3) is 4.18. The van der Waals surface area contributed by atoms with Gasteiger partial charge in [-0.05, 0) is 13.3 Å². The van der Waals surface area contributed by atoms with Crippen molar-refractivity contribution < 1.29 is 23.7 Å². The summed E-state index contributed by atoms with van der Waals surface area (Å²) < 4.78 is 20.9. The molecule has 6 heteroatoms. The van der Waals surface area contributed by atoms with Crippen LogP contribution in [0.25, 0.3) is 0 Å². The van der Waals surface area contributed by atoms with Gasteiger partial charge in [-0.1, -0.05) is 6.92 Å². The Bertz CT molecular complexity index is 450. The van der Waals surface area contributed by atoms with Crippen molar-refractivity contribution in [1.82, 2.24) is 0 Å². The zero-order chi connectivity index (χ0) is 15.8. The minimum Gasteiger partial charge on any atom is -0.493 e. The van der Waals surface area contributed by atoms with Gasteiger partial charge in [0.2, 0.25) is 5.75 Å². The fourth-order valence-electron chi connectivity index (χ4n) is 1.94. The maximum Gasteiger partial charge on any atom is 0.328 e. The molecule has 1 rings (SSSR count).